The van der Waals surface area contributed by atoms with Crippen molar-refractivity contribution in [3.63, 3.8) is 0 Å². The molecule has 9 heteroatoms. The number of carbonyl (C=O) groups excluding carboxylic acids is 2. The summed E-state index contributed by atoms with van der Waals surface area (Å²) in [6.07, 6.45) is 0. The number of hydrogen-bond acceptors (Lipinski definition) is 6. The second-order valence-corrected chi connectivity index (χ2v) is 8.07. The smallest absolute Gasteiger partial charge is 0.235 e. The highest BCUT2D eigenvalue weighted by molar-refractivity contribution is 8.00. The van der Waals surface area contributed by atoms with Crippen LogP contribution in [0.1, 0.15) is 11.3 Å². The number of nitrogens with one attached hydrogen (secondary N) is 1. The number of piperazine rings is 1. The first-order chi connectivity index (χ1) is 13.5. The lowest BCUT2D eigenvalue weighted by Crippen LogP contribution is -2.48. The van der Waals surface area contributed by atoms with Gasteiger partial charge >= 0.3 is 0 Å². The van der Waals surface area contributed by atoms with E-state index < -0.39 is 0 Å². The lowest BCUT2D eigenvalue weighted by Gasteiger charge is -2.34. The topological polar surface area (TPSA) is 78.7 Å². The standard InChI is InChI=1S/C19H23ClN4O3S/c1-14-9-17(22-27-14)21-18(25)12-28-13-19(26)24-7-5-23(6-8-24)11-15-3-2-4-16(20)10-15/h2-4,9-10H,5-8,11-13H2,1H3,(H,21,22,25). The lowest BCUT2D eigenvalue weighted by molar-refractivity contribution is -0.130. The molecule has 1 aromatic carbocycles. The number of rotatable bonds is 7. The van der Waals surface area contributed by atoms with Crippen LogP contribution in [0.3, 0.4) is 0 Å². The van der Waals surface area contributed by atoms with Crippen molar-refractivity contribution in [3.05, 3.63) is 46.7 Å². The Hall–Kier alpha value is -2.03. The van der Waals surface area contributed by atoms with Crippen LogP contribution < -0.4 is 5.32 Å². The van der Waals surface area contributed by atoms with Gasteiger partial charge in [-0.05, 0) is 24.6 Å². The molecule has 0 aliphatic carbocycles. The SMILES string of the molecule is Cc1cc(NC(=O)CSCC(=O)N2CCN(Cc3cccc(Cl)c3)CC2)no1. The summed E-state index contributed by atoms with van der Waals surface area (Å²) in [6, 6.07) is 9.50. The van der Waals surface area contributed by atoms with Gasteiger partial charge in [-0.2, -0.15) is 0 Å². The summed E-state index contributed by atoms with van der Waals surface area (Å²) >= 11 is 7.34. The highest BCUT2D eigenvalue weighted by Crippen LogP contribution is 2.15. The highest BCUT2D eigenvalue weighted by Gasteiger charge is 2.21. The minimum Gasteiger partial charge on any atom is -0.360 e. The molecule has 1 saturated heterocycles. The number of carbonyl (C=O) groups is 2. The highest BCUT2D eigenvalue weighted by atomic mass is 35.5. The molecule has 1 aliphatic heterocycles. The van der Waals surface area contributed by atoms with Crippen LogP contribution in [-0.4, -0.2) is 64.5 Å². The Morgan fingerprint density at radius 3 is 2.68 bits per heavy atom. The van der Waals surface area contributed by atoms with Gasteiger partial charge in [-0.15, -0.1) is 11.8 Å². The first-order valence-corrected chi connectivity index (χ1v) is 10.6. The number of halogens is 1. The fraction of sp³-hybridized carbons (Fsp3) is 0.421. The van der Waals surface area contributed by atoms with Gasteiger partial charge in [-0.25, -0.2) is 0 Å². The summed E-state index contributed by atoms with van der Waals surface area (Å²) in [5.41, 5.74) is 1.18. The fourth-order valence-corrected chi connectivity index (χ4v) is 3.91. The number of benzene rings is 1. The Morgan fingerprint density at radius 2 is 2.00 bits per heavy atom. The zero-order chi connectivity index (χ0) is 19.9. The minimum atomic E-state index is -0.197. The molecule has 0 spiro atoms. The summed E-state index contributed by atoms with van der Waals surface area (Å²) in [5.74, 6) is 1.39. The van der Waals surface area contributed by atoms with Gasteiger partial charge in [0.15, 0.2) is 5.82 Å². The zero-order valence-electron chi connectivity index (χ0n) is 15.7. The molecule has 0 radical (unpaired) electrons. The molecule has 7 nitrogen and oxygen atoms in total. The Balaban J connectivity index is 1.34. The molecule has 1 N–H and O–H groups in total. The number of aromatic nitrogens is 1. The molecule has 150 valence electrons. The van der Waals surface area contributed by atoms with E-state index in [0.29, 0.717) is 30.4 Å². The maximum atomic E-state index is 12.4. The average molecular weight is 423 g/mol. The van der Waals surface area contributed by atoms with Gasteiger partial charge < -0.3 is 14.7 Å². The van der Waals surface area contributed by atoms with E-state index in [0.717, 1.165) is 24.7 Å². The van der Waals surface area contributed by atoms with Gasteiger partial charge in [0, 0.05) is 43.8 Å². The van der Waals surface area contributed by atoms with Crippen molar-refractivity contribution in [2.24, 2.45) is 0 Å². The summed E-state index contributed by atoms with van der Waals surface area (Å²) in [5, 5.41) is 7.10. The van der Waals surface area contributed by atoms with Crippen molar-refractivity contribution in [2.45, 2.75) is 13.5 Å². The zero-order valence-corrected chi connectivity index (χ0v) is 17.3. The summed E-state index contributed by atoms with van der Waals surface area (Å²) < 4.78 is 4.90. The molecule has 0 atom stereocenters. The normalized spacial score (nSPS) is 14.9. The first kappa shape index (κ1) is 20.7. The molecule has 0 saturated carbocycles. The summed E-state index contributed by atoms with van der Waals surface area (Å²) in [4.78, 5) is 28.4. The quantitative estimate of drug-likeness (QED) is 0.739. The van der Waals surface area contributed by atoms with Crippen molar-refractivity contribution in [1.29, 1.82) is 0 Å². The van der Waals surface area contributed by atoms with E-state index in [2.05, 4.69) is 21.4 Å². The minimum absolute atomic E-state index is 0.0671. The summed E-state index contributed by atoms with van der Waals surface area (Å²) in [7, 11) is 0. The summed E-state index contributed by atoms with van der Waals surface area (Å²) in [6.45, 7) is 5.64. The van der Waals surface area contributed by atoms with E-state index in [1.54, 1.807) is 13.0 Å². The Kier molecular flexibility index (Phi) is 7.36. The molecule has 1 aliphatic rings. The second-order valence-electron chi connectivity index (χ2n) is 6.65. The number of amides is 2. The van der Waals surface area contributed by atoms with E-state index in [9.17, 15) is 9.59 Å². The van der Waals surface area contributed by atoms with E-state index in [1.165, 1.54) is 17.3 Å². The number of thioether (sulfide) groups is 1. The Morgan fingerprint density at radius 1 is 1.21 bits per heavy atom. The molecule has 1 aromatic heterocycles. The number of nitrogens with zero attached hydrogens (tertiary/aromatic N) is 3. The van der Waals surface area contributed by atoms with Crippen LogP contribution in [0.15, 0.2) is 34.9 Å². The maximum Gasteiger partial charge on any atom is 0.235 e. The van der Waals surface area contributed by atoms with Gasteiger partial charge in [0.25, 0.3) is 0 Å². The lowest BCUT2D eigenvalue weighted by atomic mass is 10.2. The van der Waals surface area contributed by atoms with Gasteiger partial charge in [0.2, 0.25) is 11.8 Å². The van der Waals surface area contributed by atoms with E-state index in [4.69, 9.17) is 16.1 Å². The fourth-order valence-electron chi connectivity index (χ4n) is 2.98. The number of anilines is 1. The first-order valence-electron chi connectivity index (χ1n) is 9.05. The third-order valence-electron chi connectivity index (χ3n) is 4.37. The molecule has 2 heterocycles. The predicted molar refractivity (Wildman–Crippen MR) is 111 cm³/mol. The second kappa shape index (κ2) is 9.95. The molecule has 3 rings (SSSR count). The molecule has 0 unspecified atom stereocenters. The van der Waals surface area contributed by atoms with Gasteiger partial charge in [0.1, 0.15) is 5.76 Å². The molecular formula is C19H23ClN4O3S. The van der Waals surface area contributed by atoms with Crippen molar-refractivity contribution < 1.29 is 14.1 Å². The van der Waals surface area contributed by atoms with Crippen LogP contribution >= 0.6 is 23.4 Å². The van der Waals surface area contributed by atoms with Crippen LogP contribution in [0.25, 0.3) is 0 Å². The molecule has 1 fully saturated rings. The monoisotopic (exact) mass is 422 g/mol. The van der Waals surface area contributed by atoms with Crippen LogP contribution in [0.2, 0.25) is 5.02 Å². The van der Waals surface area contributed by atoms with Crippen LogP contribution in [0, 0.1) is 6.92 Å². The van der Waals surface area contributed by atoms with Gasteiger partial charge in [-0.3, -0.25) is 14.5 Å². The van der Waals surface area contributed by atoms with Crippen molar-refractivity contribution in [1.82, 2.24) is 15.0 Å². The molecule has 28 heavy (non-hydrogen) atoms. The van der Waals surface area contributed by atoms with Crippen LogP contribution in [0.5, 0.6) is 0 Å². The van der Waals surface area contributed by atoms with E-state index in [1.807, 2.05) is 23.1 Å². The number of hydrogen-bond donors (Lipinski definition) is 1. The van der Waals surface area contributed by atoms with Crippen LogP contribution in [-0.2, 0) is 16.1 Å². The van der Waals surface area contributed by atoms with Gasteiger partial charge in [-0.1, -0.05) is 28.9 Å². The van der Waals surface area contributed by atoms with Crippen LogP contribution in [0.4, 0.5) is 5.82 Å². The van der Waals surface area contributed by atoms with Gasteiger partial charge in [0.05, 0.1) is 11.5 Å². The molecular weight excluding hydrogens is 400 g/mol. The van der Waals surface area contributed by atoms with E-state index in [-0.39, 0.29) is 17.6 Å². The van der Waals surface area contributed by atoms with Crippen molar-refractivity contribution >= 4 is 41.0 Å². The van der Waals surface area contributed by atoms with E-state index >= 15 is 0 Å². The third kappa shape index (κ3) is 6.25. The molecule has 2 aromatic rings. The maximum absolute atomic E-state index is 12.4. The molecule has 2 amide bonds. The Labute approximate surface area is 173 Å². The third-order valence-corrected chi connectivity index (χ3v) is 5.53. The van der Waals surface area contributed by atoms with Crippen molar-refractivity contribution in [3.8, 4) is 0 Å². The number of aryl methyl sites for hydroxylation is 1. The molecule has 0 bridgehead atoms. The largest absolute Gasteiger partial charge is 0.360 e. The predicted octanol–water partition coefficient (Wildman–Crippen LogP) is 2.65. The Bertz CT molecular complexity index is 821. The average Bonchev–Trinajstić information content (AvgIpc) is 3.07. The van der Waals surface area contributed by atoms with Crippen molar-refractivity contribution in [2.75, 3.05) is 43.0 Å².